The molecule has 0 fully saturated rings. The molecule has 0 N–H and O–H groups in total. The fraction of sp³-hybridized carbons (Fsp3) is 0. The summed E-state index contributed by atoms with van der Waals surface area (Å²) in [5.74, 6) is 0. The topological polar surface area (TPSA) is 6.48 Å². The second kappa shape index (κ2) is 10.5. The summed E-state index contributed by atoms with van der Waals surface area (Å²) in [6.07, 6.45) is 0. The number of nitrogens with zero attached hydrogens (tertiary/aromatic N) is 2. The lowest BCUT2D eigenvalue weighted by atomic mass is 9.42. The fourth-order valence-electron chi connectivity index (χ4n) is 9.83. The van der Waals surface area contributed by atoms with E-state index < -0.39 is 0 Å². The quantitative estimate of drug-likeness (QED) is 0.163. The molecular formula is C48H30B2N2. The van der Waals surface area contributed by atoms with Gasteiger partial charge in [0.05, 0.1) is 0 Å². The highest BCUT2D eigenvalue weighted by Gasteiger charge is 2.45. The van der Waals surface area contributed by atoms with Crippen LogP contribution in [0.4, 0.5) is 22.7 Å². The highest BCUT2D eigenvalue weighted by Crippen LogP contribution is 2.49. The van der Waals surface area contributed by atoms with E-state index >= 15 is 0 Å². The average Bonchev–Trinajstić information content (AvgIpc) is 3.23. The first-order chi connectivity index (χ1) is 25.8. The Morgan fingerprint density at radius 3 is 1.21 bits per heavy atom. The Kier molecular flexibility index (Phi) is 5.70. The molecular weight excluding hydrogens is 626 g/mol. The Morgan fingerprint density at radius 2 is 0.654 bits per heavy atom. The van der Waals surface area contributed by atoms with Gasteiger partial charge in [-0.15, -0.1) is 0 Å². The maximum absolute atomic E-state index is 2.61. The van der Waals surface area contributed by atoms with Gasteiger partial charge in [-0.25, -0.2) is 0 Å². The lowest BCUT2D eigenvalue weighted by Gasteiger charge is -2.44. The van der Waals surface area contributed by atoms with Gasteiger partial charge in [0.15, 0.2) is 0 Å². The van der Waals surface area contributed by atoms with Crippen LogP contribution in [0, 0.1) is 0 Å². The predicted molar refractivity (Wildman–Crippen MR) is 221 cm³/mol. The number of benzene rings is 8. The summed E-state index contributed by atoms with van der Waals surface area (Å²) in [7, 11) is 0. The van der Waals surface area contributed by atoms with Crippen molar-refractivity contribution in [1.29, 1.82) is 0 Å². The van der Waals surface area contributed by atoms with Crippen LogP contribution >= 0.6 is 0 Å². The zero-order valence-corrected chi connectivity index (χ0v) is 28.4. The molecule has 4 aliphatic heterocycles. The Morgan fingerprint density at radius 1 is 0.269 bits per heavy atom. The molecule has 0 saturated heterocycles. The van der Waals surface area contributed by atoms with Crippen molar-refractivity contribution in [1.82, 2.24) is 0 Å². The first-order valence-electron chi connectivity index (χ1n) is 18.3. The van der Waals surface area contributed by atoms with E-state index in [1.165, 1.54) is 100 Å². The molecule has 238 valence electrons. The molecule has 0 saturated carbocycles. The van der Waals surface area contributed by atoms with Gasteiger partial charge in [0.2, 0.25) is 0 Å². The zero-order valence-electron chi connectivity index (χ0n) is 28.4. The summed E-state index contributed by atoms with van der Waals surface area (Å²) in [6.45, 7) is 0.109. The van der Waals surface area contributed by atoms with E-state index in [1.807, 2.05) is 0 Å². The van der Waals surface area contributed by atoms with Crippen molar-refractivity contribution in [2.24, 2.45) is 0 Å². The van der Waals surface area contributed by atoms with Crippen LogP contribution in [0.1, 0.15) is 0 Å². The third-order valence-electron chi connectivity index (χ3n) is 11.9. The second-order valence-corrected chi connectivity index (χ2v) is 14.4. The molecule has 0 aromatic heterocycles. The summed E-state index contributed by atoms with van der Waals surface area (Å²) in [4.78, 5) is 5.21. The van der Waals surface area contributed by atoms with Gasteiger partial charge in [0, 0.05) is 45.0 Å². The van der Waals surface area contributed by atoms with Crippen LogP contribution in [-0.2, 0) is 0 Å². The highest BCUT2D eigenvalue weighted by atomic mass is 15.1. The largest absolute Gasteiger partial charge is 0.376 e. The monoisotopic (exact) mass is 656 g/mol. The standard InChI is InChI=1S/C48H30B2N2/c1-7-22-41-33(14-1)36-17-5-11-26-45(36)52-47-30-31(28-29-39(47)35-16-2-8-23-42(35)49(41)52)32-20-13-21-40-38-19-6-12-27-46(38)51-44-25-10-4-18-37(44)34-15-3-9-24-43(34)50(51)48(32)40/h1-30H. The number of anilines is 4. The second-order valence-electron chi connectivity index (χ2n) is 14.4. The Balaban J connectivity index is 1.14. The maximum Gasteiger partial charge on any atom is 0.330 e. The van der Waals surface area contributed by atoms with Crippen LogP contribution in [0.25, 0.3) is 55.6 Å². The van der Waals surface area contributed by atoms with E-state index in [-0.39, 0.29) is 13.7 Å². The van der Waals surface area contributed by atoms with Crippen molar-refractivity contribution in [3.8, 4) is 55.6 Å². The average molecular weight is 656 g/mol. The van der Waals surface area contributed by atoms with Crippen LogP contribution in [0.2, 0.25) is 0 Å². The molecule has 0 radical (unpaired) electrons. The highest BCUT2D eigenvalue weighted by molar-refractivity contribution is 6.94. The summed E-state index contributed by atoms with van der Waals surface area (Å²) in [5.41, 5.74) is 23.3. The molecule has 0 atom stereocenters. The number of hydrogen-bond donors (Lipinski definition) is 0. The molecule has 4 heterocycles. The van der Waals surface area contributed by atoms with Gasteiger partial charge in [-0.05, 0) is 79.5 Å². The van der Waals surface area contributed by atoms with Crippen LogP contribution < -0.4 is 31.5 Å². The Bertz CT molecular complexity index is 2800. The molecule has 2 nitrogen and oxygen atoms in total. The van der Waals surface area contributed by atoms with Crippen LogP contribution in [0.15, 0.2) is 182 Å². The Hall–Kier alpha value is -6.51. The van der Waals surface area contributed by atoms with Gasteiger partial charge in [-0.3, -0.25) is 0 Å². The minimum absolute atomic E-state index is 0.0271. The maximum atomic E-state index is 2.61. The van der Waals surface area contributed by atoms with Gasteiger partial charge in [-0.2, -0.15) is 0 Å². The molecule has 0 aliphatic carbocycles. The lowest BCUT2D eigenvalue weighted by molar-refractivity contribution is 1.34. The molecule has 8 aromatic rings. The van der Waals surface area contributed by atoms with E-state index in [9.17, 15) is 0 Å². The number of fused-ring (bicyclic) bond motifs is 22. The van der Waals surface area contributed by atoms with Crippen molar-refractivity contribution < 1.29 is 0 Å². The van der Waals surface area contributed by atoms with Gasteiger partial charge in [-0.1, -0.05) is 158 Å². The molecule has 8 aromatic carbocycles. The van der Waals surface area contributed by atoms with Gasteiger partial charge < -0.3 is 9.62 Å². The van der Waals surface area contributed by atoms with Crippen molar-refractivity contribution in [3.05, 3.63) is 182 Å². The minimum Gasteiger partial charge on any atom is -0.376 e. The summed E-state index contributed by atoms with van der Waals surface area (Å²) < 4.78 is 0. The van der Waals surface area contributed by atoms with Crippen molar-refractivity contribution in [3.63, 3.8) is 0 Å². The normalized spacial score (nSPS) is 13.6. The zero-order chi connectivity index (χ0) is 33.9. The molecule has 0 bridgehead atoms. The Labute approximate surface area is 304 Å². The van der Waals surface area contributed by atoms with Crippen molar-refractivity contribution >= 4 is 58.3 Å². The fourth-order valence-corrected chi connectivity index (χ4v) is 9.83. The third kappa shape index (κ3) is 3.66. The van der Waals surface area contributed by atoms with E-state index in [0.717, 1.165) is 0 Å². The number of hydrogen-bond acceptors (Lipinski definition) is 2. The van der Waals surface area contributed by atoms with E-state index in [1.54, 1.807) is 0 Å². The van der Waals surface area contributed by atoms with Crippen LogP contribution in [-0.4, -0.2) is 13.7 Å². The summed E-state index contributed by atoms with van der Waals surface area (Å²) >= 11 is 0. The van der Waals surface area contributed by atoms with Crippen molar-refractivity contribution in [2.45, 2.75) is 0 Å². The molecule has 12 rings (SSSR count). The first-order valence-corrected chi connectivity index (χ1v) is 18.3. The predicted octanol–water partition coefficient (Wildman–Crippen LogP) is 9.16. The summed E-state index contributed by atoms with van der Waals surface area (Å²) in [5, 5.41) is 0. The van der Waals surface area contributed by atoms with Crippen LogP contribution in [0.3, 0.4) is 0 Å². The summed E-state index contributed by atoms with van der Waals surface area (Å²) in [6, 6.07) is 68.0. The SMILES string of the molecule is c1ccc2c(c1)B1c3ccccc3-c3ccc(-c4cccc5c4B4c6ccccc6-c6ccccc6N4c4ccccc4-5)cc3N1c1ccccc1-2. The number of rotatable bonds is 1. The molecule has 52 heavy (non-hydrogen) atoms. The molecule has 4 heteroatoms. The molecule has 0 unspecified atom stereocenters. The third-order valence-corrected chi connectivity index (χ3v) is 11.9. The van der Waals surface area contributed by atoms with Crippen molar-refractivity contribution in [2.75, 3.05) is 9.62 Å². The van der Waals surface area contributed by atoms with Gasteiger partial charge >= 0.3 is 13.7 Å². The lowest BCUT2D eigenvalue weighted by Crippen LogP contribution is -2.60. The number of para-hydroxylation sites is 3. The first kappa shape index (κ1) is 28.2. The molecule has 0 amide bonds. The minimum atomic E-state index is 0.0271. The smallest absolute Gasteiger partial charge is 0.330 e. The van der Waals surface area contributed by atoms with E-state index in [0.29, 0.717) is 0 Å². The van der Waals surface area contributed by atoms with Gasteiger partial charge in [0.25, 0.3) is 0 Å². The van der Waals surface area contributed by atoms with Crippen LogP contribution in [0.5, 0.6) is 0 Å². The van der Waals surface area contributed by atoms with E-state index in [4.69, 9.17) is 0 Å². The van der Waals surface area contributed by atoms with E-state index in [2.05, 4.69) is 192 Å². The van der Waals surface area contributed by atoms with Gasteiger partial charge in [0.1, 0.15) is 0 Å². The molecule has 0 spiro atoms. The molecule has 4 aliphatic rings.